The van der Waals surface area contributed by atoms with Crippen molar-refractivity contribution in [2.75, 3.05) is 26.4 Å². The van der Waals surface area contributed by atoms with Crippen LogP contribution in [0, 0.1) is 5.92 Å². The highest BCUT2D eigenvalue weighted by molar-refractivity contribution is 7.21. The quantitative estimate of drug-likeness (QED) is 0.892. The molecule has 2 amide bonds. The third kappa shape index (κ3) is 2.97. The number of nitrogens with two attached hydrogens (primary N) is 1. The van der Waals surface area contributed by atoms with E-state index in [4.69, 9.17) is 5.73 Å². The number of pyridine rings is 1. The van der Waals surface area contributed by atoms with Crippen LogP contribution in [0.1, 0.15) is 16.6 Å². The third-order valence-corrected chi connectivity index (χ3v) is 4.46. The zero-order chi connectivity index (χ0) is 15.6. The van der Waals surface area contributed by atoms with Crippen molar-refractivity contribution >= 4 is 38.9 Å². The van der Waals surface area contributed by atoms with Gasteiger partial charge in [-0.3, -0.25) is 14.6 Å². The van der Waals surface area contributed by atoms with E-state index >= 15 is 0 Å². The first-order valence-electron chi connectivity index (χ1n) is 6.54. The molecule has 21 heavy (non-hydrogen) atoms. The van der Waals surface area contributed by atoms with E-state index in [0.717, 1.165) is 10.1 Å². The molecule has 2 aromatic rings. The maximum absolute atomic E-state index is 12.5. The predicted molar refractivity (Wildman–Crippen MR) is 84.2 cm³/mol. The second kappa shape index (κ2) is 6.09. The summed E-state index contributed by atoms with van der Waals surface area (Å²) in [4.78, 5) is 30.1. The van der Waals surface area contributed by atoms with Gasteiger partial charge in [0.05, 0.1) is 16.3 Å². The average molecular weight is 306 g/mol. The number of nitrogens with one attached hydrogen (secondary N) is 1. The van der Waals surface area contributed by atoms with Gasteiger partial charge < -0.3 is 16.0 Å². The number of thiophene rings is 1. The smallest absolute Gasteiger partial charge is 0.265 e. The summed E-state index contributed by atoms with van der Waals surface area (Å²) in [6.07, 6.45) is 3.34. The number of anilines is 1. The average Bonchev–Trinajstić information content (AvgIpc) is 2.83. The Kier molecular flexibility index (Phi) is 4.42. The number of aromatic nitrogens is 1. The van der Waals surface area contributed by atoms with Crippen LogP contribution in [0.4, 0.5) is 5.69 Å². The van der Waals surface area contributed by atoms with Crippen LogP contribution in [0.2, 0.25) is 0 Å². The molecule has 1 atom stereocenters. The fraction of sp³-hybridized carbons (Fsp3) is 0.357. The van der Waals surface area contributed by atoms with Crippen LogP contribution in [-0.2, 0) is 4.79 Å². The highest BCUT2D eigenvalue weighted by Gasteiger charge is 2.22. The van der Waals surface area contributed by atoms with Crippen molar-refractivity contribution in [1.29, 1.82) is 0 Å². The second-order valence-electron chi connectivity index (χ2n) is 4.92. The highest BCUT2D eigenvalue weighted by Crippen LogP contribution is 2.33. The number of rotatable bonds is 4. The molecule has 0 aliphatic heterocycles. The van der Waals surface area contributed by atoms with Crippen LogP contribution in [0.15, 0.2) is 18.5 Å². The lowest BCUT2D eigenvalue weighted by molar-refractivity contribution is -0.124. The second-order valence-corrected chi connectivity index (χ2v) is 5.97. The summed E-state index contributed by atoms with van der Waals surface area (Å²) in [5, 5.41) is 3.41. The molecule has 2 rings (SSSR count). The molecule has 0 radical (unpaired) electrons. The summed E-state index contributed by atoms with van der Waals surface area (Å²) in [5.74, 6) is -0.547. The van der Waals surface area contributed by atoms with Crippen molar-refractivity contribution < 1.29 is 9.59 Å². The van der Waals surface area contributed by atoms with E-state index in [1.54, 1.807) is 39.5 Å². The number of carbonyl (C=O) groups excluding carboxylic acids is 2. The van der Waals surface area contributed by atoms with Gasteiger partial charge in [-0.1, -0.05) is 6.92 Å². The first-order chi connectivity index (χ1) is 9.95. The number of nitrogens with zero attached hydrogens (tertiary/aromatic N) is 2. The molecule has 7 heteroatoms. The minimum absolute atomic E-state index is 0.0943. The fourth-order valence-corrected chi connectivity index (χ4v) is 3.21. The molecular formula is C14H18N4O2S. The van der Waals surface area contributed by atoms with Crippen LogP contribution in [0.3, 0.4) is 0 Å². The van der Waals surface area contributed by atoms with Crippen LogP contribution in [0.5, 0.6) is 0 Å². The molecule has 0 aliphatic rings. The van der Waals surface area contributed by atoms with Gasteiger partial charge in [-0.25, -0.2) is 0 Å². The molecule has 0 aliphatic carbocycles. The van der Waals surface area contributed by atoms with Crippen molar-refractivity contribution in [2.24, 2.45) is 5.92 Å². The van der Waals surface area contributed by atoms with Gasteiger partial charge in [0.1, 0.15) is 4.88 Å². The Morgan fingerprint density at radius 2 is 2.24 bits per heavy atom. The number of hydrogen-bond donors (Lipinski definition) is 2. The topological polar surface area (TPSA) is 88.3 Å². The van der Waals surface area contributed by atoms with E-state index in [1.165, 1.54) is 16.2 Å². The molecular weight excluding hydrogens is 288 g/mol. The van der Waals surface area contributed by atoms with Gasteiger partial charge >= 0.3 is 0 Å². The molecule has 0 saturated heterocycles. The van der Waals surface area contributed by atoms with Crippen molar-refractivity contribution in [3.8, 4) is 0 Å². The minimum Gasteiger partial charge on any atom is -0.397 e. The van der Waals surface area contributed by atoms with E-state index in [2.05, 4.69) is 10.3 Å². The number of carbonyl (C=O) groups is 2. The SMILES string of the molecule is CNC(=O)C(C)CN(C)C(=O)c1sc2cnccc2c1N. The number of amides is 2. The van der Waals surface area contributed by atoms with Gasteiger partial charge in [-0.05, 0) is 6.07 Å². The third-order valence-electron chi connectivity index (χ3n) is 3.31. The van der Waals surface area contributed by atoms with Crippen LogP contribution >= 0.6 is 11.3 Å². The molecule has 112 valence electrons. The zero-order valence-corrected chi connectivity index (χ0v) is 13.0. The lowest BCUT2D eigenvalue weighted by Gasteiger charge is -2.20. The molecule has 0 aromatic carbocycles. The standard InChI is InChI=1S/C14H18N4O2S/c1-8(13(19)16-2)7-18(3)14(20)12-11(15)9-4-5-17-6-10(9)21-12/h4-6,8H,7,15H2,1-3H3,(H,16,19). The minimum atomic E-state index is -0.277. The Morgan fingerprint density at radius 3 is 2.86 bits per heavy atom. The van der Waals surface area contributed by atoms with Gasteiger partial charge in [0.25, 0.3) is 5.91 Å². The molecule has 3 N–H and O–H groups in total. The molecule has 0 bridgehead atoms. The van der Waals surface area contributed by atoms with Gasteiger partial charge in [-0.2, -0.15) is 0 Å². The summed E-state index contributed by atoms with van der Waals surface area (Å²) in [7, 11) is 3.25. The molecule has 0 spiro atoms. The van der Waals surface area contributed by atoms with E-state index < -0.39 is 0 Å². The molecule has 1 unspecified atom stereocenters. The van der Waals surface area contributed by atoms with Gasteiger partial charge in [0, 0.05) is 38.4 Å². The van der Waals surface area contributed by atoms with Gasteiger partial charge in [-0.15, -0.1) is 11.3 Å². The summed E-state index contributed by atoms with van der Waals surface area (Å²) in [6, 6.07) is 1.80. The monoisotopic (exact) mass is 306 g/mol. The van der Waals surface area contributed by atoms with E-state index in [0.29, 0.717) is 17.1 Å². The Bertz CT molecular complexity index is 683. The van der Waals surface area contributed by atoms with E-state index in [1.807, 2.05) is 0 Å². The number of nitrogen functional groups attached to an aromatic ring is 1. The summed E-state index contributed by atoms with van der Waals surface area (Å²) in [5.41, 5.74) is 6.52. The predicted octanol–water partition coefficient (Wildman–Crippen LogP) is 1.33. The zero-order valence-electron chi connectivity index (χ0n) is 12.2. The fourth-order valence-electron chi connectivity index (χ4n) is 2.13. The van der Waals surface area contributed by atoms with Crippen LogP contribution in [0.25, 0.3) is 10.1 Å². The highest BCUT2D eigenvalue weighted by atomic mass is 32.1. The molecule has 0 saturated carbocycles. The lowest BCUT2D eigenvalue weighted by atomic mass is 10.1. The largest absolute Gasteiger partial charge is 0.397 e. The molecule has 6 nitrogen and oxygen atoms in total. The van der Waals surface area contributed by atoms with Gasteiger partial charge in [0.15, 0.2) is 0 Å². The first-order valence-corrected chi connectivity index (χ1v) is 7.36. The van der Waals surface area contributed by atoms with Crippen molar-refractivity contribution in [3.63, 3.8) is 0 Å². The van der Waals surface area contributed by atoms with E-state index in [9.17, 15) is 9.59 Å². The van der Waals surface area contributed by atoms with Crippen molar-refractivity contribution in [3.05, 3.63) is 23.3 Å². The summed E-state index contributed by atoms with van der Waals surface area (Å²) in [6.45, 7) is 2.12. The normalized spacial score (nSPS) is 12.1. The van der Waals surface area contributed by atoms with Gasteiger partial charge in [0.2, 0.25) is 5.91 Å². The van der Waals surface area contributed by atoms with E-state index in [-0.39, 0.29) is 17.7 Å². The summed E-state index contributed by atoms with van der Waals surface area (Å²) < 4.78 is 0.881. The molecule has 2 heterocycles. The Balaban J connectivity index is 2.22. The Hall–Kier alpha value is -2.15. The Morgan fingerprint density at radius 1 is 1.52 bits per heavy atom. The first kappa shape index (κ1) is 15.2. The van der Waals surface area contributed by atoms with Crippen LogP contribution in [-0.4, -0.2) is 42.3 Å². The maximum Gasteiger partial charge on any atom is 0.265 e. The number of hydrogen-bond acceptors (Lipinski definition) is 5. The molecule has 0 fully saturated rings. The Labute approximate surface area is 127 Å². The van der Waals surface area contributed by atoms with Crippen LogP contribution < -0.4 is 11.1 Å². The summed E-state index contributed by atoms with van der Waals surface area (Å²) >= 11 is 1.32. The van der Waals surface area contributed by atoms with Crippen molar-refractivity contribution in [2.45, 2.75) is 6.92 Å². The van der Waals surface area contributed by atoms with Crippen molar-refractivity contribution in [1.82, 2.24) is 15.2 Å². The number of fused-ring (bicyclic) bond motifs is 1. The molecule has 2 aromatic heterocycles. The maximum atomic E-state index is 12.5. The lowest BCUT2D eigenvalue weighted by Crippen LogP contribution is -2.37.